The highest BCUT2D eigenvalue weighted by Gasteiger charge is 2.35. The Labute approximate surface area is 108 Å². The second kappa shape index (κ2) is 4.97. The molecule has 0 spiro atoms. The van der Waals surface area contributed by atoms with Crippen molar-refractivity contribution >= 4 is 12.7 Å². The largest absolute Gasteiger partial charge is 0.574 e. The van der Waals surface area contributed by atoms with Crippen LogP contribution in [0.4, 0.5) is 13.2 Å². The van der Waals surface area contributed by atoms with Crippen LogP contribution in [0.2, 0.25) is 0 Å². The van der Waals surface area contributed by atoms with Gasteiger partial charge in [0.1, 0.15) is 0 Å². The Morgan fingerprint density at radius 2 is 1.84 bits per heavy atom. The lowest BCUT2D eigenvalue weighted by molar-refractivity contribution is -0.276. The molecule has 0 unspecified atom stereocenters. The van der Waals surface area contributed by atoms with Crippen LogP contribution in [-0.4, -0.2) is 36.7 Å². The molecule has 5 nitrogen and oxygen atoms in total. The Kier molecular flexibility index (Phi) is 3.68. The minimum absolute atomic E-state index is 0.0940. The summed E-state index contributed by atoms with van der Waals surface area (Å²) < 4.78 is 50.3. The lowest BCUT2D eigenvalue weighted by Crippen LogP contribution is -2.48. The maximum Gasteiger partial charge on any atom is 0.574 e. The van der Waals surface area contributed by atoms with E-state index in [0.29, 0.717) is 18.8 Å². The van der Waals surface area contributed by atoms with E-state index in [1.165, 1.54) is 0 Å². The number of hydrogen-bond donors (Lipinski definition) is 0. The monoisotopic (exact) mass is 276 g/mol. The van der Waals surface area contributed by atoms with Crippen molar-refractivity contribution in [1.82, 2.24) is 9.97 Å². The van der Waals surface area contributed by atoms with Gasteiger partial charge < -0.3 is 14.0 Å². The maximum absolute atomic E-state index is 11.9. The first kappa shape index (κ1) is 14.1. The fraction of sp³-hybridized carbons (Fsp3) is 0.600. The Hall–Kier alpha value is -1.35. The van der Waals surface area contributed by atoms with Crippen LogP contribution < -0.4 is 10.3 Å². The van der Waals surface area contributed by atoms with Crippen molar-refractivity contribution in [2.75, 3.05) is 13.2 Å². The Morgan fingerprint density at radius 1 is 1.21 bits per heavy atom. The number of ether oxygens (including phenoxy) is 1. The van der Waals surface area contributed by atoms with Gasteiger partial charge in [-0.05, 0) is 0 Å². The number of nitrogens with zero attached hydrogens (tertiary/aromatic N) is 2. The van der Waals surface area contributed by atoms with E-state index >= 15 is 0 Å². The molecule has 9 heteroatoms. The van der Waals surface area contributed by atoms with Crippen LogP contribution in [0.3, 0.4) is 0 Å². The summed E-state index contributed by atoms with van der Waals surface area (Å²) in [6.45, 7) is 4.91. The van der Waals surface area contributed by atoms with Gasteiger partial charge in [0.15, 0.2) is 0 Å². The molecule has 0 atom stereocenters. The standard InChI is InChI=1S/C10H12BF3N2O3/c1-9(2)5-17-11(18-6-9)7-3-16-8(4-15-7)19-10(12,13)14/h3-4H,5-6H2,1-2H3. The molecule has 104 valence electrons. The van der Waals surface area contributed by atoms with Crippen molar-refractivity contribution in [2.24, 2.45) is 5.41 Å². The van der Waals surface area contributed by atoms with Gasteiger partial charge in [-0.15, -0.1) is 13.2 Å². The van der Waals surface area contributed by atoms with Crippen LogP contribution in [0.15, 0.2) is 12.4 Å². The molecular formula is C10H12BF3N2O3. The van der Waals surface area contributed by atoms with Crippen molar-refractivity contribution in [3.63, 3.8) is 0 Å². The first-order chi connectivity index (χ1) is 8.75. The quantitative estimate of drug-likeness (QED) is 0.758. The Bertz CT molecular complexity index is 429. The third kappa shape index (κ3) is 4.07. The minimum Gasteiger partial charge on any atom is -0.406 e. The van der Waals surface area contributed by atoms with Gasteiger partial charge in [-0.3, -0.25) is 4.98 Å². The third-order valence-electron chi connectivity index (χ3n) is 2.36. The highest BCUT2D eigenvalue weighted by Crippen LogP contribution is 2.22. The molecule has 0 radical (unpaired) electrons. The lowest BCUT2D eigenvalue weighted by atomic mass is 9.80. The van der Waals surface area contributed by atoms with Crippen molar-refractivity contribution in [1.29, 1.82) is 0 Å². The van der Waals surface area contributed by atoms with Crippen molar-refractivity contribution in [3.05, 3.63) is 12.4 Å². The van der Waals surface area contributed by atoms with Gasteiger partial charge >= 0.3 is 13.5 Å². The van der Waals surface area contributed by atoms with E-state index in [0.717, 1.165) is 12.4 Å². The van der Waals surface area contributed by atoms with Gasteiger partial charge in [0.05, 0.1) is 11.8 Å². The van der Waals surface area contributed by atoms with Crippen LogP contribution in [0.1, 0.15) is 13.8 Å². The smallest absolute Gasteiger partial charge is 0.406 e. The second-order valence-corrected chi connectivity index (χ2v) is 4.95. The van der Waals surface area contributed by atoms with Gasteiger partial charge in [0.25, 0.3) is 0 Å². The first-order valence-corrected chi connectivity index (χ1v) is 5.56. The number of aromatic nitrogens is 2. The van der Waals surface area contributed by atoms with Crippen molar-refractivity contribution in [2.45, 2.75) is 20.2 Å². The van der Waals surface area contributed by atoms with Gasteiger partial charge in [-0.25, -0.2) is 4.98 Å². The summed E-state index contributed by atoms with van der Waals surface area (Å²) in [6, 6.07) is 0. The number of hydrogen-bond acceptors (Lipinski definition) is 5. The van der Waals surface area contributed by atoms with E-state index in [9.17, 15) is 13.2 Å². The Balaban J connectivity index is 1.99. The maximum atomic E-state index is 11.9. The SMILES string of the molecule is CC1(C)COB(c2cnc(OC(F)(F)F)cn2)OC1. The third-order valence-corrected chi connectivity index (χ3v) is 2.36. The van der Waals surface area contributed by atoms with Gasteiger partial charge in [0, 0.05) is 24.8 Å². The average molecular weight is 276 g/mol. The van der Waals surface area contributed by atoms with Crippen LogP contribution in [-0.2, 0) is 9.31 Å². The summed E-state index contributed by atoms with van der Waals surface area (Å²) in [4.78, 5) is 7.31. The van der Waals surface area contributed by atoms with Gasteiger partial charge in [-0.1, -0.05) is 13.8 Å². The number of alkyl halides is 3. The van der Waals surface area contributed by atoms with E-state index in [4.69, 9.17) is 9.31 Å². The van der Waals surface area contributed by atoms with Gasteiger partial charge in [0.2, 0.25) is 5.88 Å². The first-order valence-electron chi connectivity index (χ1n) is 5.56. The molecule has 0 amide bonds. The summed E-state index contributed by atoms with van der Waals surface area (Å²) in [6.07, 6.45) is -2.75. The molecule has 0 saturated carbocycles. The molecule has 1 aromatic heterocycles. The molecule has 1 fully saturated rings. The topological polar surface area (TPSA) is 53.5 Å². The van der Waals surface area contributed by atoms with E-state index in [-0.39, 0.29) is 5.41 Å². The molecule has 2 heterocycles. The molecule has 19 heavy (non-hydrogen) atoms. The molecule has 0 bridgehead atoms. The summed E-state index contributed by atoms with van der Waals surface area (Å²) in [5.41, 5.74) is 0.216. The second-order valence-electron chi connectivity index (χ2n) is 4.95. The van der Waals surface area contributed by atoms with Crippen LogP contribution in [0, 0.1) is 5.41 Å². The molecule has 0 aliphatic carbocycles. The van der Waals surface area contributed by atoms with Crippen LogP contribution in [0.5, 0.6) is 5.88 Å². The molecule has 1 saturated heterocycles. The zero-order chi connectivity index (χ0) is 14.1. The van der Waals surface area contributed by atoms with Crippen molar-refractivity contribution < 1.29 is 27.2 Å². The molecule has 2 rings (SSSR count). The fourth-order valence-electron chi connectivity index (χ4n) is 1.48. The lowest BCUT2D eigenvalue weighted by Gasteiger charge is -2.32. The normalized spacial score (nSPS) is 19.3. The zero-order valence-electron chi connectivity index (χ0n) is 10.4. The molecule has 0 N–H and O–H groups in total. The molecule has 1 aliphatic rings. The van der Waals surface area contributed by atoms with E-state index in [2.05, 4.69) is 14.7 Å². The fourth-order valence-corrected chi connectivity index (χ4v) is 1.48. The molecule has 1 aliphatic heterocycles. The van der Waals surface area contributed by atoms with E-state index in [1.54, 1.807) is 0 Å². The van der Waals surface area contributed by atoms with E-state index < -0.39 is 19.4 Å². The summed E-state index contributed by atoms with van der Waals surface area (Å²) in [5.74, 6) is -0.618. The summed E-state index contributed by atoms with van der Waals surface area (Å²) >= 11 is 0. The molecule has 1 aromatic rings. The number of halogens is 3. The predicted molar refractivity (Wildman–Crippen MR) is 59.8 cm³/mol. The molecule has 0 aromatic carbocycles. The van der Waals surface area contributed by atoms with Gasteiger partial charge in [-0.2, -0.15) is 0 Å². The zero-order valence-corrected chi connectivity index (χ0v) is 10.4. The average Bonchev–Trinajstić information content (AvgIpc) is 2.28. The van der Waals surface area contributed by atoms with Crippen LogP contribution in [0.25, 0.3) is 0 Å². The van der Waals surface area contributed by atoms with E-state index in [1.807, 2.05) is 13.8 Å². The highest BCUT2D eigenvalue weighted by molar-refractivity contribution is 6.60. The summed E-state index contributed by atoms with van der Waals surface area (Å²) in [7, 11) is -0.708. The van der Waals surface area contributed by atoms with Crippen molar-refractivity contribution in [3.8, 4) is 5.88 Å². The Morgan fingerprint density at radius 3 is 2.32 bits per heavy atom. The summed E-state index contributed by atoms with van der Waals surface area (Å²) in [5, 5.41) is 0. The molecular weight excluding hydrogens is 264 g/mol. The predicted octanol–water partition coefficient (Wildman–Crippen LogP) is 1.14. The number of rotatable bonds is 2. The van der Waals surface area contributed by atoms with Crippen LogP contribution >= 0.6 is 0 Å². The minimum atomic E-state index is -4.78. The highest BCUT2D eigenvalue weighted by atomic mass is 19.4.